The Morgan fingerprint density at radius 3 is 2.44 bits per heavy atom. The van der Waals surface area contributed by atoms with Crippen molar-refractivity contribution in [1.29, 1.82) is 0 Å². The molecule has 4 nitrogen and oxygen atoms in total. The van der Waals surface area contributed by atoms with Crippen LogP contribution in [0.4, 0.5) is 10.1 Å². The SMILES string of the molecule is CNSc1ccc(N2CC(CN3CCC(C4(C5CCCC5)NCCc5c(F)cccc54)CC3)C2)cc1. The summed E-state index contributed by atoms with van der Waals surface area (Å²) >= 11 is 1.66. The molecule has 2 aromatic rings. The van der Waals surface area contributed by atoms with Crippen LogP contribution in [0.5, 0.6) is 0 Å². The quantitative estimate of drug-likeness (QED) is 0.487. The Bertz CT molecular complexity index is 1030. The largest absolute Gasteiger partial charge is 0.371 e. The number of likely N-dealkylation sites (tertiary alicyclic amines) is 1. The third kappa shape index (κ3) is 4.59. The topological polar surface area (TPSA) is 30.5 Å². The molecule has 6 heteroatoms. The summed E-state index contributed by atoms with van der Waals surface area (Å²) < 4.78 is 18.0. The molecule has 0 amide bonds. The molecular weight excluding hydrogens is 467 g/mol. The van der Waals surface area contributed by atoms with E-state index in [2.05, 4.69) is 50.2 Å². The summed E-state index contributed by atoms with van der Waals surface area (Å²) in [6.07, 6.45) is 8.50. The maximum Gasteiger partial charge on any atom is 0.126 e. The minimum Gasteiger partial charge on any atom is -0.371 e. The van der Waals surface area contributed by atoms with Crippen molar-refractivity contribution in [2.75, 3.05) is 51.2 Å². The van der Waals surface area contributed by atoms with Gasteiger partial charge in [0.2, 0.25) is 0 Å². The molecule has 2 saturated heterocycles. The first kappa shape index (κ1) is 24.7. The highest BCUT2D eigenvalue weighted by Gasteiger charge is 2.50. The van der Waals surface area contributed by atoms with Gasteiger partial charge in [0, 0.05) is 48.2 Å². The van der Waals surface area contributed by atoms with Crippen molar-refractivity contribution >= 4 is 17.6 Å². The highest BCUT2D eigenvalue weighted by atomic mass is 32.2. The van der Waals surface area contributed by atoms with Gasteiger partial charge in [-0.1, -0.05) is 25.0 Å². The van der Waals surface area contributed by atoms with E-state index in [1.807, 2.05) is 13.1 Å². The Kier molecular flexibility index (Phi) is 7.31. The van der Waals surface area contributed by atoms with Crippen LogP contribution in [-0.2, 0) is 12.0 Å². The van der Waals surface area contributed by atoms with Crippen LogP contribution in [0.25, 0.3) is 0 Å². The number of fused-ring (bicyclic) bond motifs is 1. The number of benzene rings is 2. The van der Waals surface area contributed by atoms with Crippen LogP contribution < -0.4 is 14.9 Å². The van der Waals surface area contributed by atoms with E-state index in [-0.39, 0.29) is 11.4 Å². The minimum absolute atomic E-state index is 0.0127. The average molecular weight is 509 g/mol. The first-order valence-corrected chi connectivity index (χ1v) is 14.9. The number of hydrogen-bond donors (Lipinski definition) is 2. The lowest BCUT2D eigenvalue weighted by molar-refractivity contribution is 0.0488. The lowest BCUT2D eigenvalue weighted by atomic mass is 9.63. The fourth-order valence-corrected chi connectivity index (χ4v) is 8.32. The third-order valence-corrected chi connectivity index (χ3v) is 10.2. The Balaban J connectivity index is 1.08. The number of hydrogen-bond acceptors (Lipinski definition) is 5. The van der Waals surface area contributed by atoms with Crippen LogP contribution in [0.2, 0.25) is 0 Å². The third-order valence-electron chi connectivity index (χ3n) is 9.48. The number of rotatable bonds is 7. The van der Waals surface area contributed by atoms with Gasteiger partial charge < -0.3 is 15.1 Å². The zero-order valence-electron chi connectivity index (χ0n) is 21.6. The van der Waals surface area contributed by atoms with E-state index in [1.54, 1.807) is 18.0 Å². The lowest BCUT2D eigenvalue weighted by Gasteiger charge is -2.53. The van der Waals surface area contributed by atoms with Crippen molar-refractivity contribution < 1.29 is 4.39 Å². The molecule has 6 rings (SSSR count). The normalized spacial score (nSPS) is 26.2. The molecule has 0 aromatic heterocycles. The van der Waals surface area contributed by atoms with Crippen molar-refractivity contribution in [1.82, 2.24) is 14.9 Å². The summed E-state index contributed by atoms with van der Waals surface area (Å²) in [7, 11) is 1.96. The molecule has 1 unspecified atom stereocenters. The van der Waals surface area contributed by atoms with Gasteiger partial charge in [-0.3, -0.25) is 4.72 Å². The van der Waals surface area contributed by atoms with Crippen LogP contribution in [0.15, 0.2) is 47.4 Å². The van der Waals surface area contributed by atoms with Gasteiger partial charge in [0.05, 0.1) is 0 Å². The smallest absolute Gasteiger partial charge is 0.126 e. The first-order valence-electron chi connectivity index (χ1n) is 14.1. The first-order chi connectivity index (χ1) is 17.7. The van der Waals surface area contributed by atoms with E-state index in [4.69, 9.17) is 0 Å². The van der Waals surface area contributed by atoms with E-state index >= 15 is 0 Å². The fraction of sp³-hybridized carbons (Fsp3) is 0.600. The highest BCUT2D eigenvalue weighted by molar-refractivity contribution is 7.97. The Morgan fingerprint density at radius 2 is 1.72 bits per heavy atom. The predicted molar refractivity (Wildman–Crippen MR) is 148 cm³/mol. The Hall–Kier alpha value is -1.60. The van der Waals surface area contributed by atoms with Crippen LogP contribution in [0.1, 0.15) is 49.7 Å². The van der Waals surface area contributed by atoms with Crippen LogP contribution >= 0.6 is 11.9 Å². The van der Waals surface area contributed by atoms with E-state index in [1.165, 1.54) is 87.4 Å². The molecule has 3 aliphatic heterocycles. The second kappa shape index (κ2) is 10.6. The molecule has 2 aromatic carbocycles. The van der Waals surface area contributed by atoms with Gasteiger partial charge in [-0.2, -0.15) is 0 Å². The summed E-state index contributed by atoms with van der Waals surface area (Å²) in [5, 5.41) is 4.04. The maximum absolute atomic E-state index is 14.9. The van der Waals surface area contributed by atoms with Crippen molar-refractivity contribution in [3.63, 3.8) is 0 Å². The zero-order chi connectivity index (χ0) is 24.5. The Labute approximate surface area is 220 Å². The van der Waals surface area contributed by atoms with Crippen molar-refractivity contribution in [2.45, 2.75) is 55.4 Å². The summed E-state index contributed by atoms with van der Waals surface area (Å²) in [6, 6.07) is 14.8. The molecule has 3 fully saturated rings. The standard InChI is InChI=1S/C30H41FN4S/c1-32-36-26-11-9-25(10-12-26)35-20-22(21-35)19-34-17-14-24(15-18-34)30(23-5-2-3-6-23)28-7-4-8-29(31)27(28)13-16-33-30/h4,7-12,22-24,32-33H,2-3,5-6,13-21H2,1H3. The van der Waals surface area contributed by atoms with E-state index < -0.39 is 0 Å². The van der Waals surface area contributed by atoms with Crippen molar-refractivity contribution in [2.24, 2.45) is 17.8 Å². The minimum atomic E-state index is -0.0245. The van der Waals surface area contributed by atoms with Crippen LogP contribution in [-0.4, -0.2) is 51.2 Å². The predicted octanol–water partition coefficient (Wildman–Crippen LogP) is 5.43. The van der Waals surface area contributed by atoms with Crippen molar-refractivity contribution in [3.8, 4) is 0 Å². The molecule has 2 N–H and O–H groups in total. The summed E-state index contributed by atoms with van der Waals surface area (Å²) in [6.45, 7) is 6.82. The number of nitrogens with zero attached hydrogens (tertiary/aromatic N) is 2. The van der Waals surface area contributed by atoms with E-state index in [9.17, 15) is 4.39 Å². The Morgan fingerprint density at radius 1 is 1.00 bits per heavy atom. The number of halogens is 1. The second-order valence-electron chi connectivity index (χ2n) is 11.4. The van der Waals surface area contributed by atoms with Gasteiger partial charge in [0.1, 0.15) is 5.82 Å². The zero-order valence-corrected chi connectivity index (χ0v) is 22.5. The monoisotopic (exact) mass is 508 g/mol. The molecule has 0 radical (unpaired) electrons. The molecule has 1 atom stereocenters. The highest BCUT2D eigenvalue weighted by Crippen LogP contribution is 2.51. The molecule has 3 heterocycles. The maximum atomic E-state index is 14.9. The lowest BCUT2D eigenvalue weighted by Crippen LogP contribution is -2.59. The number of piperidine rings is 1. The molecular formula is C30H41FN4S. The van der Waals surface area contributed by atoms with Crippen LogP contribution in [0, 0.1) is 23.6 Å². The number of nitrogens with one attached hydrogen (secondary N) is 2. The molecule has 1 aliphatic carbocycles. The summed E-state index contributed by atoms with van der Waals surface area (Å²) in [4.78, 5) is 6.48. The van der Waals surface area contributed by atoms with Gasteiger partial charge in [0.25, 0.3) is 0 Å². The summed E-state index contributed by atoms with van der Waals surface area (Å²) in [5.74, 6) is 2.02. The molecule has 1 saturated carbocycles. The van der Waals surface area contributed by atoms with Crippen molar-refractivity contribution in [3.05, 3.63) is 59.4 Å². The summed E-state index contributed by atoms with van der Waals surface area (Å²) in [5.41, 5.74) is 3.62. The van der Waals surface area contributed by atoms with Gasteiger partial charge in [-0.05, 0) is 117 Å². The van der Waals surface area contributed by atoms with Gasteiger partial charge in [0.15, 0.2) is 0 Å². The van der Waals surface area contributed by atoms with Gasteiger partial charge in [-0.25, -0.2) is 4.39 Å². The molecule has 0 spiro atoms. The van der Waals surface area contributed by atoms with Gasteiger partial charge >= 0.3 is 0 Å². The van der Waals surface area contributed by atoms with E-state index in [0.717, 1.165) is 24.4 Å². The fourth-order valence-electron chi connectivity index (χ4n) is 7.81. The molecule has 0 bridgehead atoms. The molecule has 194 valence electrons. The molecule has 36 heavy (non-hydrogen) atoms. The van der Waals surface area contributed by atoms with Gasteiger partial charge in [-0.15, -0.1) is 0 Å². The van der Waals surface area contributed by atoms with E-state index in [0.29, 0.717) is 11.8 Å². The second-order valence-corrected chi connectivity index (χ2v) is 12.5. The molecule has 4 aliphatic rings. The number of anilines is 1. The van der Waals surface area contributed by atoms with Crippen LogP contribution in [0.3, 0.4) is 0 Å². The average Bonchev–Trinajstić information content (AvgIpc) is 3.43.